The Morgan fingerprint density at radius 1 is 1.30 bits per heavy atom. The van der Waals surface area contributed by atoms with Crippen molar-refractivity contribution in [3.8, 4) is 0 Å². The molecule has 5 nitrogen and oxygen atoms in total. The standard InChI is InChI=1S/C14H14ClN5/c1-9-10(7-19-20(9)2)6-16-14-12-4-3-11(15)5-13(12)17-8-18-14/h3-5,7-8H,6H2,1-2H3,(H,16,17,18). The third kappa shape index (κ3) is 2.32. The molecule has 1 aromatic carbocycles. The monoisotopic (exact) mass is 287 g/mol. The molecule has 0 saturated carbocycles. The van der Waals surface area contributed by atoms with Gasteiger partial charge in [-0.15, -0.1) is 0 Å². The minimum absolute atomic E-state index is 0.672. The van der Waals surface area contributed by atoms with Crippen LogP contribution in [0.3, 0.4) is 0 Å². The van der Waals surface area contributed by atoms with E-state index in [4.69, 9.17) is 11.6 Å². The van der Waals surface area contributed by atoms with E-state index in [-0.39, 0.29) is 0 Å². The Labute approximate surface area is 121 Å². The second-order valence-corrected chi connectivity index (χ2v) is 5.05. The van der Waals surface area contributed by atoms with Crippen LogP contribution in [0.5, 0.6) is 0 Å². The van der Waals surface area contributed by atoms with E-state index in [9.17, 15) is 0 Å². The first-order chi connectivity index (χ1) is 9.65. The van der Waals surface area contributed by atoms with Crippen molar-refractivity contribution in [3.63, 3.8) is 0 Å². The molecule has 102 valence electrons. The van der Waals surface area contributed by atoms with Crippen molar-refractivity contribution in [2.75, 3.05) is 5.32 Å². The molecule has 0 saturated heterocycles. The third-order valence-corrected chi connectivity index (χ3v) is 3.62. The fraction of sp³-hybridized carbons (Fsp3) is 0.214. The van der Waals surface area contributed by atoms with Crippen molar-refractivity contribution in [1.82, 2.24) is 19.7 Å². The molecule has 20 heavy (non-hydrogen) atoms. The van der Waals surface area contributed by atoms with Gasteiger partial charge in [0.2, 0.25) is 0 Å². The van der Waals surface area contributed by atoms with Gasteiger partial charge in [0.15, 0.2) is 0 Å². The van der Waals surface area contributed by atoms with E-state index in [1.165, 1.54) is 6.33 Å². The second-order valence-electron chi connectivity index (χ2n) is 4.62. The maximum absolute atomic E-state index is 5.98. The van der Waals surface area contributed by atoms with E-state index in [2.05, 4.69) is 20.4 Å². The number of hydrogen-bond acceptors (Lipinski definition) is 4. The average Bonchev–Trinajstić information content (AvgIpc) is 2.76. The van der Waals surface area contributed by atoms with Gasteiger partial charge in [-0.3, -0.25) is 4.68 Å². The van der Waals surface area contributed by atoms with Crippen LogP contribution in [-0.4, -0.2) is 19.7 Å². The second kappa shape index (κ2) is 5.09. The quantitative estimate of drug-likeness (QED) is 0.805. The van der Waals surface area contributed by atoms with Crippen LogP contribution >= 0.6 is 11.6 Å². The molecule has 0 amide bonds. The Morgan fingerprint density at radius 2 is 2.15 bits per heavy atom. The first-order valence-corrected chi connectivity index (χ1v) is 6.64. The number of anilines is 1. The summed E-state index contributed by atoms with van der Waals surface area (Å²) in [7, 11) is 1.93. The summed E-state index contributed by atoms with van der Waals surface area (Å²) in [5, 5.41) is 9.19. The molecule has 0 unspecified atom stereocenters. The SMILES string of the molecule is Cc1c(CNc2ncnc3cc(Cl)ccc23)cnn1C. The lowest BCUT2D eigenvalue weighted by Gasteiger charge is -2.08. The van der Waals surface area contributed by atoms with Gasteiger partial charge in [-0.2, -0.15) is 5.10 Å². The maximum atomic E-state index is 5.98. The predicted molar refractivity (Wildman–Crippen MR) is 79.8 cm³/mol. The lowest BCUT2D eigenvalue weighted by Crippen LogP contribution is -2.04. The third-order valence-electron chi connectivity index (χ3n) is 3.38. The summed E-state index contributed by atoms with van der Waals surface area (Å²) in [6.45, 7) is 2.72. The lowest BCUT2D eigenvalue weighted by atomic mass is 10.2. The summed E-state index contributed by atoms with van der Waals surface area (Å²) < 4.78 is 1.86. The van der Waals surface area contributed by atoms with Crippen molar-refractivity contribution in [2.45, 2.75) is 13.5 Å². The van der Waals surface area contributed by atoms with Crippen LogP contribution in [-0.2, 0) is 13.6 Å². The Balaban J connectivity index is 1.89. The fourth-order valence-corrected chi connectivity index (χ4v) is 2.23. The Hall–Kier alpha value is -2.14. The minimum atomic E-state index is 0.672. The molecule has 0 spiro atoms. The van der Waals surface area contributed by atoms with Gasteiger partial charge in [0.25, 0.3) is 0 Å². The molecule has 3 rings (SSSR count). The largest absolute Gasteiger partial charge is 0.365 e. The molecule has 0 aliphatic carbocycles. The van der Waals surface area contributed by atoms with E-state index in [1.54, 1.807) is 0 Å². The number of nitrogens with one attached hydrogen (secondary N) is 1. The summed E-state index contributed by atoms with van der Waals surface area (Å²) in [5.41, 5.74) is 3.12. The zero-order valence-electron chi connectivity index (χ0n) is 11.3. The smallest absolute Gasteiger partial charge is 0.137 e. The van der Waals surface area contributed by atoms with Crippen molar-refractivity contribution in [1.29, 1.82) is 0 Å². The summed E-state index contributed by atoms with van der Waals surface area (Å²) in [5.74, 6) is 0.801. The van der Waals surface area contributed by atoms with Gasteiger partial charge in [-0.25, -0.2) is 9.97 Å². The molecule has 2 aromatic heterocycles. The highest BCUT2D eigenvalue weighted by atomic mass is 35.5. The molecule has 3 aromatic rings. The van der Waals surface area contributed by atoms with Crippen LogP contribution in [0.15, 0.2) is 30.7 Å². The van der Waals surface area contributed by atoms with Crippen molar-refractivity contribution >= 4 is 28.3 Å². The zero-order chi connectivity index (χ0) is 14.1. The Morgan fingerprint density at radius 3 is 2.90 bits per heavy atom. The molecule has 0 bridgehead atoms. The van der Waals surface area contributed by atoms with Gasteiger partial charge in [0.05, 0.1) is 11.7 Å². The molecule has 0 aliphatic rings. The number of nitrogens with zero attached hydrogens (tertiary/aromatic N) is 4. The summed E-state index contributed by atoms with van der Waals surface area (Å²) in [4.78, 5) is 8.52. The van der Waals surface area contributed by atoms with Crippen LogP contribution in [0.2, 0.25) is 5.02 Å². The molecule has 6 heteroatoms. The van der Waals surface area contributed by atoms with E-state index < -0.39 is 0 Å². The molecule has 0 atom stereocenters. The molecule has 0 aliphatic heterocycles. The Kier molecular flexibility index (Phi) is 3.28. The maximum Gasteiger partial charge on any atom is 0.137 e. The highest BCUT2D eigenvalue weighted by Gasteiger charge is 2.07. The number of aryl methyl sites for hydroxylation is 1. The number of fused-ring (bicyclic) bond motifs is 1. The van der Waals surface area contributed by atoms with Crippen molar-refractivity contribution in [3.05, 3.63) is 47.0 Å². The van der Waals surface area contributed by atoms with Gasteiger partial charge in [0.1, 0.15) is 12.1 Å². The summed E-state index contributed by atoms with van der Waals surface area (Å²) >= 11 is 5.98. The molecule has 1 N–H and O–H groups in total. The number of benzene rings is 1. The van der Waals surface area contributed by atoms with Gasteiger partial charge in [-0.1, -0.05) is 11.6 Å². The van der Waals surface area contributed by atoms with Gasteiger partial charge < -0.3 is 5.32 Å². The van der Waals surface area contributed by atoms with Crippen LogP contribution in [0.4, 0.5) is 5.82 Å². The number of halogens is 1. The van der Waals surface area contributed by atoms with Gasteiger partial charge in [-0.05, 0) is 25.1 Å². The van der Waals surface area contributed by atoms with E-state index in [0.717, 1.165) is 28.0 Å². The first kappa shape index (κ1) is 12.9. The molecule has 2 heterocycles. The molecular weight excluding hydrogens is 274 g/mol. The fourth-order valence-electron chi connectivity index (χ4n) is 2.07. The van der Waals surface area contributed by atoms with Crippen molar-refractivity contribution in [2.24, 2.45) is 7.05 Å². The number of hydrogen-bond donors (Lipinski definition) is 1. The van der Waals surface area contributed by atoms with Gasteiger partial charge >= 0.3 is 0 Å². The average molecular weight is 288 g/mol. The van der Waals surface area contributed by atoms with E-state index >= 15 is 0 Å². The predicted octanol–water partition coefficient (Wildman–Crippen LogP) is 2.94. The topological polar surface area (TPSA) is 55.6 Å². The van der Waals surface area contributed by atoms with Crippen LogP contribution < -0.4 is 5.32 Å². The highest BCUT2D eigenvalue weighted by molar-refractivity contribution is 6.31. The normalized spacial score (nSPS) is 10.9. The highest BCUT2D eigenvalue weighted by Crippen LogP contribution is 2.23. The van der Waals surface area contributed by atoms with Gasteiger partial charge in [0, 0.05) is 35.3 Å². The minimum Gasteiger partial charge on any atom is -0.365 e. The Bertz CT molecular complexity index is 765. The number of rotatable bonds is 3. The number of aromatic nitrogens is 4. The molecule has 0 radical (unpaired) electrons. The van der Waals surface area contributed by atoms with Crippen molar-refractivity contribution < 1.29 is 0 Å². The lowest BCUT2D eigenvalue weighted by molar-refractivity contribution is 0.738. The van der Waals surface area contributed by atoms with E-state index in [1.807, 2.05) is 43.0 Å². The summed E-state index contributed by atoms with van der Waals surface area (Å²) in [6, 6.07) is 5.60. The first-order valence-electron chi connectivity index (χ1n) is 6.27. The zero-order valence-corrected chi connectivity index (χ0v) is 12.0. The van der Waals surface area contributed by atoms with Crippen LogP contribution in [0.1, 0.15) is 11.3 Å². The van der Waals surface area contributed by atoms with Crippen LogP contribution in [0, 0.1) is 6.92 Å². The van der Waals surface area contributed by atoms with Crippen LogP contribution in [0.25, 0.3) is 10.9 Å². The van der Waals surface area contributed by atoms with E-state index in [0.29, 0.717) is 11.6 Å². The molecular formula is C14H14ClN5. The summed E-state index contributed by atoms with van der Waals surface area (Å²) in [6.07, 6.45) is 3.40. The molecule has 0 fully saturated rings.